The van der Waals surface area contributed by atoms with Crippen LogP contribution in [0.5, 0.6) is 0 Å². The minimum Gasteiger partial charge on any atom is -0.463 e. The second-order valence-corrected chi connectivity index (χ2v) is 7.59. The molecule has 2 atom stereocenters. The van der Waals surface area contributed by atoms with Gasteiger partial charge in [0.2, 0.25) is 5.91 Å². The first-order valence-electron chi connectivity index (χ1n) is 8.75. The van der Waals surface area contributed by atoms with E-state index in [4.69, 9.17) is 21.7 Å². The number of hydrogen-bond acceptors (Lipinski definition) is 7. The van der Waals surface area contributed by atoms with Gasteiger partial charge in [0.25, 0.3) is 5.91 Å². The third kappa shape index (κ3) is 5.24. The molecule has 0 aromatic carbocycles. The van der Waals surface area contributed by atoms with Crippen LogP contribution in [0.3, 0.4) is 0 Å². The molecule has 2 aliphatic rings. The average Bonchev–Trinajstić information content (AvgIpc) is 3.35. The molecule has 2 saturated heterocycles. The van der Waals surface area contributed by atoms with Gasteiger partial charge in [-0.05, 0) is 36.5 Å². The van der Waals surface area contributed by atoms with E-state index in [0.717, 1.165) is 12.8 Å². The van der Waals surface area contributed by atoms with Crippen molar-refractivity contribution in [3.8, 4) is 0 Å². The van der Waals surface area contributed by atoms with Crippen LogP contribution in [0, 0.1) is 0 Å². The summed E-state index contributed by atoms with van der Waals surface area (Å²) in [7, 11) is 0. The van der Waals surface area contributed by atoms with Crippen LogP contribution in [0.2, 0.25) is 0 Å². The van der Waals surface area contributed by atoms with Gasteiger partial charge in [-0.1, -0.05) is 6.07 Å². The molecule has 2 amide bonds. The highest BCUT2D eigenvalue weighted by atomic mass is 32.1. The number of hydrogen-bond donors (Lipinski definition) is 2. The Balaban J connectivity index is 1.56. The molecule has 0 saturated carbocycles. The topological polar surface area (TPSA) is 97.0 Å². The summed E-state index contributed by atoms with van der Waals surface area (Å²) in [5.41, 5.74) is 0. The van der Waals surface area contributed by atoms with Crippen LogP contribution in [0.15, 0.2) is 17.5 Å². The van der Waals surface area contributed by atoms with E-state index >= 15 is 0 Å². The number of carbonyl (C=O) groups excluding carboxylic acids is 3. The number of thiocarbonyl (C=S) groups is 1. The first kappa shape index (κ1) is 19.7. The van der Waals surface area contributed by atoms with Gasteiger partial charge in [-0.3, -0.25) is 19.7 Å². The van der Waals surface area contributed by atoms with E-state index in [1.54, 1.807) is 22.4 Å². The Morgan fingerprint density at radius 1 is 1.48 bits per heavy atom. The zero-order valence-corrected chi connectivity index (χ0v) is 16.3. The van der Waals surface area contributed by atoms with Crippen molar-refractivity contribution in [1.29, 1.82) is 0 Å². The predicted octanol–water partition coefficient (Wildman–Crippen LogP) is 0.676. The zero-order chi connectivity index (χ0) is 19.2. The number of amides is 2. The molecule has 27 heavy (non-hydrogen) atoms. The lowest BCUT2D eigenvalue weighted by Crippen LogP contribution is -2.60. The van der Waals surface area contributed by atoms with Crippen LogP contribution < -0.4 is 10.6 Å². The molecule has 0 bridgehead atoms. The molecule has 3 heterocycles. The molecule has 2 fully saturated rings. The third-order valence-corrected chi connectivity index (χ3v) is 5.58. The Labute approximate surface area is 166 Å². The average molecular weight is 412 g/mol. The summed E-state index contributed by atoms with van der Waals surface area (Å²) in [5, 5.41) is 7.26. The van der Waals surface area contributed by atoms with Crippen molar-refractivity contribution in [3.05, 3.63) is 22.4 Å². The van der Waals surface area contributed by atoms with Gasteiger partial charge in [0, 0.05) is 19.7 Å². The molecule has 10 heteroatoms. The molecule has 0 spiro atoms. The summed E-state index contributed by atoms with van der Waals surface area (Å²) in [6, 6.07) is 2.64. The predicted molar refractivity (Wildman–Crippen MR) is 102 cm³/mol. The molecule has 0 unspecified atom stereocenters. The molecule has 1 aromatic heterocycles. The highest BCUT2D eigenvalue weighted by Crippen LogP contribution is 2.15. The van der Waals surface area contributed by atoms with Crippen LogP contribution >= 0.6 is 23.6 Å². The van der Waals surface area contributed by atoms with Crippen molar-refractivity contribution in [3.63, 3.8) is 0 Å². The number of esters is 1. The largest absolute Gasteiger partial charge is 0.463 e. The van der Waals surface area contributed by atoms with Gasteiger partial charge < -0.3 is 19.7 Å². The van der Waals surface area contributed by atoms with Crippen LogP contribution in [0.4, 0.5) is 0 Å². The molecule has 146 valence electrons. The second-order valence-electron chi connectivity index (χ2n) is 6.26. The summed E-state index contributed by atoms with van der Waals surface area (Å²) >= 11 is 6.60. The van der Waals surface area contributed by atoms with Crippen LogP contribution in [0.25, 0.3) is 0 Å². The Morgan fingerprint density at radius 3 is 3.04 bits per heavy atom. The first-order chi connectivity index (χ1) is 13.0. The Hall–Kier alpha value is -2.04. The summed E-state index contributed by atoms with van der Waals surface area (Å²) in [6.45, 7) is 1.65. The fourth-order valence-electron chi connectivity index (χ4n) is 2.98. The highest BCUT2D eigenvalue weighted by Gasteiger charge is 2.34. The zero-order valence-electron chi connectivity index (χ0n) is 14.6. The van der Waals surface area contributed by atoms with E-state index in [-0.39, 0.29) is 36.1 Å². The molecular formula is C17H21N3O5S2. The van der Waals surface area contributed by atoms with Gasteiger partial charge in [-0.25, -0.2) is 0 Å². The van der Waals surface area contributed by atoms with Crippen molar-refractivity contribution in [1.82, 2.24) is 15.5 Å². The molecule has 0 radical (unpaired) electrons. The van der Waals surface area contributed by atoms with Gasteiger partial charge >= 0.3 is 5.97 Å². The maximum absolute atomic E-state index is 12.3. The molecule has 0 aliphatic carbocycles. The Kier molecular flexibility index (Phi) is 6.75. The number of nitrogens with one attached hydrogen (secondary N) is 2. The van der Waals surface area contributed by atoms with Gasteiger partial charge in [0.05, 0.1) is 17.4 Å². The van der Waals surface area contributed by atoms with Crippen molar-refractivity contribution >= 4 is 46.5 Å². The monoisotopic (exact) mass is 411 g/mol. The van der Waals surface area contributed by atoms with Gasteiger partial charge in [-0.15, -0.1) is 11.3 Å². The summed E-state index contributed by atoms with van der Waals surface area (Å²) in [4.78, 5) is 38.7. The number of rotatable bonds is 5. The lowest BCUT2D eigenvalue weighted by Gasteiger charge is -2.36. The van der Waals surface area contributed by atoms with E-state index < -0.39 is 12.0 Å². The van der Waals surface area contributed by atoms with Crippen LogP contribution in [-0.4, -0.2) is 66.2 Å². The lowest BCUT2D eigenvalue weighted by atomic mass is 10.1. The first-order valence-corrected chi connectivity index (χ1v) is 10.0. The van der Waals surface area contributed by atoms with E-state index in [1.807, 2.05) is 0 Å². The molecular weight excluding hydrogens is 390 g/mol. The molecule has 8 nitrogen and oxygen atoms in total. The van der Waals surface area contributed by atoms with Crippen molar-refractivity contribution in [2.24, 2.45) is 0 Å². The van der Waals surface area contributed by atoms with E-state index in [2.05, 4.69) is 10.6 Å². The highest BCUT2D eigenvalue weighted by molar-refractivity contribution is 7.80. The normalized spacial score (nSPS) is 22.2. The molecule has 2 aliphatic heterocycles. The summed E-state index contributed by atoms with van der Waals surface area (Å²) < 4.78 is 10.7. The standard InChI is InChI=1S/C17H21N3O5S2/c21-14(25-10-11-3-1-7-24-11)9-12-15(22)18-5-6-20(12)17(26)19-16(23)13-4-2-8-27-13/h2,4,8,11-12H,1,3,5-7,9-10H2,(H,18,22)(H,19,23,26)/t11-,12-/m0/s1. The third-order valence-electron chi connectivity index (χ3n) is 4.37. The smallest absolute Gasteiger partial charge is 0.308 e. The number of piperazine rings is 1. The summed E-state index contributed by atoms with van der Waals surface area (Å²) in [6.07, 6.45) is 1.60. The van der Waals surface area contributed by atoms with Crippen LogP contribution in [0.1, 0.15) is 28.9 Å². The lowest BCUT2D eigenvalue weighted by molar-refractivity contribution is -0.150. The van der Waals surface area contributed by atoms with E-state index in [0.29, 0.717) is 24.6 Å². The SMILES string of the molecule is O=C(C[C@H]1C(=O)NCCN1C(=S)NC(=O)c1cccs1)OC[C@@H]1CCCO1. The van der Waals surface area contributed by atoms with Crippen molar-refractivity contribution in [2.75, 3.05) is 26.3 Å². The van der Waals surface area contributed by atoms with Gasteiger partial charge in [0.15, 0.2) is 5.11 Å². The fourth-order valence-corrected chi connectivity index (χ4v) is 3.91. The van der Waals surface area contributed by atoms with E-state index in [9.17, 15) is 14.4 Å². The Morgan fingerprint density at radius 2 is 2.33 bits per heavy atom. The van der Waals surface area contributed by atoms with Gasteiger partial charge in [0.1, 0.15) is 12.6 Å². The maximum atomic E-state index is 12.3. The maximum Gasteiger partial charge on any atom is 0.308 e. The summed E-state index contributed by atoms with van der Waals surface area (Å²) in [5.74, 6) is -1.14. The number of ether oxygens (including phenoxy) is 2. The number of nitrogens with zero attached hydrogens (tertiary/aromatic N) is 1. The fraction of sp³-hybridized carbons (Fsp3) is 0.529. The minimum absolute atomic E-state index is 0.0728. The second kappa shape index (κ2) is 9.25. The van der Waals surface area contributed by atoms with Crippen molar-refractivity contribution < 1.29 is 23.9 Å². The number of thiophene rings is 1. The minimum atomic E-state index is -0.813. The molecule has 2 N–H and O–H groups in total. The Bertz CT molecular complexity index is 703. The van der Waals surface area contributed by atoms with Gasteiger partial charge in [-0.2, -0.15) is 0 Å². The molecule has 3 rings (SSSR count). The van der Waals surface area contributed by atoms with Crippen LogP contribution in [-0.2, 0) is 19.1 Å². The number of carbonyl (C=O) groups is 3. The van der Waals surface area contributed by atoms with Crippen molar-refractivity contribution in [2.45, 2.75) is 31.4 Å². The quantitative estimate of drug-likeness (QED) is 0.543. The molecule has 1 aromatic rings. The van der Waals surface area contributed by atoms with E-state index in [1.165, 1.54) is 11.3 Å².